The first-order chi connectivity index (χ1) is 16.4. The summed E-state index contributed by atoms with van der Waals surface area (Å²) >= 11 is 0. The van der Waals surface area contributed by atoms with Crippen LogP contribution in [-0.2, 0) is 27.3 Å². The summed E-state index contributed by atoms with van der Waals surface area (Å²) in [7, 11) is -6.33. The molecule has 0 bridgehead atoms. The Hall–Kier alpha value is -0.272. The number of rotatable bonds is 11. The highest BCUT2D eigenvalue weighted by Gasteiger charge is 2.44. The summed E-state index contributed by atoms with van der Waals surface area (Å²) in [4.78, 5) is 24.0. The van der Waals surface area contributed by atoms with Gasteiger partial charge >= 0.3 is 11.9 Å². The lowest BCUT2D eigenvalue weighted by Crippen LogP contribution is -2.54. The van der Waals surface area contributed by atoms with E-state index in [1.165, 1.54) is 0 Å². The molecule has 10 heteroatoms. The van der Waals surface area contributed by atoms with Crippen molar-refractivity contribution >= 4 is 45.2 Å². The summed E-state index contributed by atoms with van der Waals surface area (Å²) < 4.78 is 23.7. The van der Waals surface area contributed by atoms with E-state index in [0.717, 1.165) is 37.4 Å². The predicted octanol–water partition coefficient (Wildman–Crippen LogP) is 8.19. The first kappa shape index (κ1) is 36.7. The van der Waals surface area contributed by atoms with Crippen molar-refractivity contribution in [3.05, 3.63) is 0 Å². The van der Waals surface area contributed by atoms with Gasteiger partial charge in [-0.1, -0.05) is 13.8 Å². The number of esters is 2. The van der Waals surface area contributed by atoms with E-state index in [1.54, 1.807) is 0 Å². The van der Waals surface area contributed by atoms with E-state index in [2.05, 4.69) is 58.9 Å². The van der Waals surface area contributed by atoms with E-state index >= 15 is 0 Å². The zero-order valence-electron chi connectivity index (χ0n) is 27.0. The summed E-state index contributed by atoms with van der Waals surface area (Å²) in [5, 5.41) is 0. The molecule has 0 aliphatic carbocycles. The highest BCUT2D eigenvalue weighted by Crippen LogP contribution is 2.35. The van der Waals surface area contributed by atoms with Gasteiger partial charge in [0.25, 0.3) is 0 Å². The molecule has 0 spiro atoms. The topological polar surface area (TPSA) is 71.1 Å². The van der Waals surface area contributed by atoms with E-state index < -0.39 is 33.3 Å². The van der Waals surface area contributed by atoms with Crippen LogP contribution in [0.2, 0.25) is 77.1 Å². The van der Waals surface area contributed by atoms with Gasteiger partial charge in [0.15, 0.2) is 33.3 Å². The monoisotopic (exact) mass is 592 g/mol. The summed E-state index contributed by atoms with van der Waals surface area (Å²) in [6, 6.07) is 2.93. The minimum atomic E-state index is -1.64. The van der Waals surface area contributed by atoms with Gasteiger partial charge < -0.3 is 17.7 Å². The molecule has 1 aliphatic heterocycles. The van der Waals surface area contributed by atoms with Crippen LogP contribution >= 0.6 is 0 Å². The number of hydrogen-bond acceptors (Lipinski definition) is 6. The molecule has 0 N–H and O–H groups in total. The second-order valence-corrected chi connectivity index (χ2v) is 32.5. The van der Waals surface area contributed by atoms with Crippen LogP contribution in [0.4, 0.5) is 0 Å². The number of carbonyl (C=O) groups is 2. The fraction of sp³-hybridized carbons (Fsp3) is 0.926. The standard InChI is InChI=1S/C14H32O3Si2.C13H28O3Si2/c1-9-14(2,3)13(15)16-11-10-12-19(7,8)17-18(4,5)6;1-8-13(2,3)12(14)15-11-9-17(4,5)16-18(6,7)10-11/h9-12H2,1-8H3;11H,8-10H2,1-7H3. The zero-order chi connectivity index (χ0) is 29.5. The van der Waals surface area contributed by atoms with Crippen LogP contribution in [0.3, 0.4) is 0 Å². The van der Waals surface area contributed by atoms with E-state index in [1.807, 2.05) is 41.5 Å². The average Bonchev–Trinajstić information content (AvgIpc) is 2.67. The van der Waals surface area contributed by atoms with Crippen molar-refractivity contribution in [1.29, 1.82) is 0 Å². The summed E-state index contributed by atoms with van der Waals surface area (Å²) in [6.45, 7) is 32.5. The molecule has 6 nitrogen and oxygen atoms in total. The Bertz CT molecular complexity index is 726. The van der Waals surface area contributed by atoms with Gasteiger partial charge in [0.1, 0.15) is 6.10 Å². The van der Waals surface area contributed by atoms with Crippen LogP contribution in [0.25, 0.3) is 0 Å². The molecular weight excluding hydrogens is 533 g/mol. The summed E-state index contributed by atoms with van der Waals surface area (Å²) in [5.74, 6) is -0.132. The maximum atomic E-state index is 12.2. The van der Waals surface area contributed by atoms with Crippen LogP contribution in [0.5, 0.6) is 0 Å². The number of carbonyl (C=O) groups excluding carboxylic acids is 2. The highest BCUT2D eigenvalue weighted by molar-refractivity contribution is 6.86. The zero-order valence-corrected chi connectivity index (χ0v) is 31.0. The van der Waals surface area contributed by atoms with Crippen molar-refractivity contribution in [2.24, 2.45) is 10.8 Å². The smallest absolute Gasteiger partial charge is 0.311 e. The molecular formula is C27H60O6Si4. The second-order valence-electron chi connectivity index (χ2n) is 14.7. The number of hydrogen-bond donors (Lipinski definition) is 0. The molecule has 0 radical (unpaired) electrons. The van der Waals surface area contributed by atoms with Crippen LogP contribution in [0.1, 0.15) is 60.8 Å². The first-order valence-electron chi connectivity index (χ1n) is 14.2. The van der Waals surface area contributed by atoms with Crippen LogP contribution in [0, 0.1) is 10.8 Å². The quantitative estimate of drug-likeness (QED) is 0.137. The maximum absolute atomic E-state index is 12.2. The summed E-state index contributed by atoms with van der Waals surface area (Å²) in [5.41, 5.74) is -0.725. The van der Waals surface area contributed by atoms with E-state index in [4.69, 9.17) is 17.7 Å². The van der Waals surface area contributed by atoms with Crippen molar-refractivity contribution in [2.75, 3.05) is 6.61 Å². The fourth-order valence-electron chi connectivity index (χ4n) is 4.42. The minimum Gasteiger partial charge on any atom is -0.465 e. The lowest BCUT2D eigenvalue weighted by Gasteiger charge is -2.43. The second kappa shape index (κ2) is 13.9. The van der Waals surface area contributed by atoms with Crippen LogP contribution < -0.4 is 0 Å². The Kier molecular flexibility index (Phi) is 13.8. The fourth-order valence-corrected chi connectivity index (χ4v) is 22.0. The minimum absolute atomic E-state index is 0.0495. The molecule has 37 heavy (non-hydrogen) atoms. The largest absolute Gasteiger partial charge is 0.465 e. The Morgan fingerprint density at radius 3 is 1.68 bits per heavy atom. The molecule has 1 saturated heterocycles. The molecule has 1 rings (SSSR count). The molecule has 0 aromatic carbocycles. The van der Waals surface area contributed by atoms with Gasteiger partial charge in [-0.05, 0) is 112 Å². The molecule has 0 saturated carbocycles. The van der Waals surface area contributed by atoms with Gasteiger partial charge in [-0.15, -0.1) is 0 Å². The molecule has 1 fully saturated rings. The highest BCUT2D eigenvalue weighted by atomic mass is 28.4. The summed E-state index contributed by atoms with van der Waals surface area (Å²) in [6.07, 6.45) is 2.62. The van der Waals surface area contributed by atoms with Gasteiger partial charge in [0, 0.05) is 12.1 Å². The Balaban J connectivity index is 0.000000701. The molecule has 1 aliphatic rings. The average molecular weight is 593 g/mol. The molecule has 0 atom stereocenters. The normalized spacial score (nSPS) is 18.5. The van der Waals surface area contributed by atoms with Gasteiger partial charge in [-0.25, -0.2) is 0 Å². The van der Waals surface area contributed by atoms with Crippen molar-refractivity contribution in [3.8, 4) is 0 Å². The third kappa shape index (κ3) is 15.2. The number of ether oxygens (including phenoxy) is 2. The first-order valence-corrected chi connectivity index (χ1v) is 26.9. The third-order valence-electron chi connectivity index (χ3n) is 6.88. The predicted molar refractivity (Wildman–Crippen MR) is 166 cm³/mol. The van der Waals surface area contributed by atoms with E-state index in [9.17, 15) is 9.59 Å². The van der Waals surface area contributed by atoms with Gasteiger partial charge in [-0.3, -0.25) is 9.59 Å². The lowest BCUT2D eigenvalue weighted by molar-refractivity contribution is -0.158. The lowest BCUT2D eigenvalue weighted by atomic mass is 9.91. The molecule has 0 aromatic heterocycles. The SMILES string of the molecule is CCC(C)(C)C(=O)OC1C[Si](C)(C)O[Si](C)(C)C1.CCC(C)(C)C(=O)OCCC[Si](C)(C)O[Si](C)(C)C. The van der Waals surface area contributed by atoms with E-state index in [0.29, 0.717) is 6.61 Å². The van der Waals surface area contributed by atoms with Gasteiger partial charge in [0.2, 0.25) is 0 Å². The van der Waals surface area contributed by atoms with Crippen molar-refractivity contribution in [1.82, 2.24) is 0 Å². The Labute approximate surface area is 233 Å². The van der Waals surface area contributed by atoms with E-state index in [-0.39, 0.29) is 28.9 Å². The third-order valence-corrected chi connectivity index (χ3v) is 20.4. The van der Waals surface area contributed by atoms with Gasteiger partial charge in [-0.2, -0.15) is 0 Å². The van der Waals surface area contributed by atoms with Crippen molar-refractivity contribution in [2.45, 2.75) is 144 Å². The van der Waals surface area contributed by atoms with Crippen molar-refractivity contribution in [3.63, 3.8) is 0 Å². The van der Waals surface area contributed by atoms with Crippen LogP contribution in [-0.4, -0.2) is 57.9 Å². The molecule has 0 amide bonds. The maximum Gasteiger partial charge on any atom is 0.311 e. The molecule has 0 aromatic rings. The van der Waals surface area contributed by atoms with Crippen molar-refractivity contribution < 1.29 is 27.3 Å². The molecule has 1 heterocycles. The molecule has 220 valence electrons. The van der Waals surface area contributed by atoms with Crippen LogP contribution in [0.15, 0.2) is 0 Å². The Morgan fingerprint density at radius 1 is 0.838 bits per heavy atom. The van der Waals surface area contributed by atoms with Gasteiger partial charge in [0.05, 0.1) is 17.4 Å². The Morgan fingerprint density at radius 2 is 1.27 bits per heavy atom. The molecule has 0 unspecified atom stereocenters.